The molecule has 0 amide bonds. The summed E-state index contributed by atoms with van der Waals surface area (Å²) in [6.45, 7) is 0. The molecule has 8 heteroatoms. The predicted octanol–water partition coefficient (Wildman–Crippen LogP) is 3.24. The van der Waals surface area contributed by atoms with Gasteiger partial charge in [-0.25, -0.2) is 18.2 Å². The van der Waals surface area contributed by atoms with Crippen LogP contribution in [0.3, 0.4) is 0 Å². The Morgan fingerprint density at radius 1 is 1.35 bits per heavy atom. The summed E-state index contributed by atoms with van der Waals surface area (Å²) in [5.41, 5.74) is -3.80. The lowest BCUT2D eigenvalue weighted by Gasteiger charge is -2.12. The summed E-state index contributed by atoms with van der Waals surface area (Å²) < 4.78 is 74.5. The molecule has 1 heterocycles. The van der Waals surface area contributed by atoms with Crippen LogP contribution < -0.4 is 0 Å². The fourth-order valence-corrected chi connectivity index (χ4v) is 1.15. The van der Waals surface area contributed by atoms with Gasteiger partial charge in [-0.15, -0.1) is 0 Å². The monoisotopic (exact) mass is 254 g/mol. The molecule has 0 aromatic carbocycles. The van der Waals surface area contributed by atoms with Crippen LogP contribution in [0.5, 0.6) is 0 Å². The first-order chi connectivity index (χ1) is 7.77. The van der Waals surface area contributed by atoms with Gasteiger partial charge in [-0.2, -0.15) is 18.4 Å². The van der Waals surface area contributed by atoms with Crippen molar-refractivity contribution >= 4 is 0 Å². The van der Waals surface area contributed by atoms with Gasteiger partial charge in [0.25, 0.3) is 6.43 Å². The average molecular weight is 254 g/mol. The number of alkyl halides is 5. The van der Waals surface area contributed by atoms with Gasteiger partial charge in [-0.1, -0.05) is 0 Å². The molecule has 0 saturated heterocycles. The standard InChI is InChI=1S/C9H4F6N2/c10-5-3-4(9(13,14)15)6(1-2-16)17-7(5)8(11)12/h3,8H,1H2. The Bertz CT molecular complexity index is 460. The van der Waals surface area contributed by atoms with Crippen LogP contribution in [0.1, 0.15) is 23.4 Å². The molecule has 2 nitrogen and oxygen atoms in total. The van der Waals surface area contributed by atoms with Crippen LogP contribution >= 0.6 is 0 Å². The SMILES string of the molecule is N#CCc1nc(C(F)F)c(F)cc1C(F)(F)F. The van der Waals surface area contributed by atoms with Crippen LogP contribution in [0.4, 0.5) is 26.3 Å². The smallest absolute Gasteiger partial charge is 0.247 e. The lowest BCUT2D eigenvalue weighted by Crippen LogP contribution is -2.13. The Morgan fingerprint density at radius 3 is 2.35 bits per heavy atom. The van der Waals surface area contributed by atoms with Crippen molar-refractivity contribution in [1.82, 2.24) is 4.98 Å². The zero-order valence-electron chi connectivity index (χ0n) is 8.02. The summed E-state index contributed by atoms with van der Waals surface area (Å²) in [6.07, 6.45) is -9.11. The van der Waals surface area contributed by atoms with Gasteiger partial charge in [0.05, 0.1) is 23.7 Å². The molecule has 0 aliphatic carbocycles. The van der Waals surface area contributed by atoms with Gasteiger partial charge < -0.3 is 0 Å². The molecule has 0 N–H and O–H groups in total. The topological polar surface area (TPSA) is 36.7 Å². The minimum atomic E-state index is -4.94. The maximum Gasteiger partial charge on any atom is 0.418 e. The number of hydrogen-bond donors (Lipinski definition) is 0. The highest BCUT2D eigenvalue weighted by molar-refractivity contribution is 5.29. The maximum atomic E-state index is 12.9. The lowest BCUT2D eigenvalue weighted by molar-refractivity contribution is -0.138. The van der Waals surface area contributed by atoms with Crippen LogP contribution in [0.25, 0.3) is 0 Å². The van der Waals surface area contributed by atoms with Gasteiger partial charge >= 0.3 is 6.18 Å². The van der Waals surface area contributed by atoms with Crippen molar-refractivity contribution < 1.29 is 26.3 Å². The van der Waals surface area contributed by atoms with E-state index in [2.05, 4.69) is 4.98 Å². The van der Waals surface area contributed by atoms with Gasteiger partial charge in [-0.3, -0.25) is 0 Å². The van der Waals surface area contributed by atoms with Gasteiger partial charge in [0.1, 0.15) is 5.69 Å². The number of pyridine rings is 1. The van der Waals surface area contributed by atoms with Crippen molar-refractivity contribution in [1.29, 1.82) is 5.26 Å². The molecule has 1 rings (SSSR count). The summed E-state index contributed by atoms with van der Waals surface area (Å²) in [7, 11) is 0. The van der Waals surface area contributed by atoms with E-state index in [0.717, 1.165) is 0 Å². The minimum Gasteiger partial charge on any atom is -0.247 e. The van der Waals surface area contributed by atoms with E-state index in [1.54, 1.807) is 0 Å². The van der Waals surface area contributed by atoms with Gasteiger partial charge in [0.15, 0.2) is 5.82 Å². The molecular formula is C9H4F6N2. The fraction of sp³-hybridized carbons (Fsp3) is 0.333. The fourth-order valence-electron chi connectivity index (χ4n) is 1.15. The first kappa shape index (κ1) is 13.3. The predicted molar refractivity (Wildman–Crippen MR) is 43.5 cm³/mol. The van der Waals surface area contributed by atoms with Crippen molar-refractivity contribution in [2.75, 3.05) is 0 Å². The number of halogens is 6. The second-order valence-corrected chi connectivity index (χ2v) is 2.98. The summed E-state index contributed by atoms with van der Waals surface area (Å²) in [4.78, 5) is 2.86. The molecule has 1 aromatic rings. The Morgan fingerprint density at radius 2 is 1.94 bits per heavy atom. The Kier molecular flexibility index (Phi) is 3.60. The molecular weight excluding hydrogens is 250 g/mol. The van der Waals surface area contributed by atoms with Crippen LogP contribution in [0, 0.1) is 17.1 Å². The van der Waals surface area contributed by atoms with Crippen molar-refractivity contribution in [2.24, 2.45) is 0 Å². The highest BCUT2D eigenvalue weighted by atomic mass is 19.4. The van der Waals surface area contributed by atoms with E-state index < -0.39 is 41.8 Å². The number of nitriles is 1. The van der Waals surface area contributed by atoms with E-state index in [0.29, 0.717) is 0 Å². The van der Waals surface area contributed by atoms with E-state index in [9.17, 15) is 26.3 Å². The largest absolute Gasteiger partial charge is 0.418 e. The van der Waals surface area contributed by atoms with E-state index in [-0.39, 0.29) is 6.07 Å². The third-order valence-electron chi connectivity index (χ3n) is 1.84. The highest BCUT2D eigenvalue weighted by Crippen LogP contribution is 2.34. The Labute approximate surface area is 91.5 Å². The quantitative estimate of drug-likeness (QED) is 0.759. The third-order valence-corrected chi connectivity index (χ3v) is 1.84. The molecule has 0 saturated carbocycles. The van der Waals surface area contributed by atoms with Crippen molar-refractivity contribution in [3.63, 3.8) is 0 Å². The first-order valence-electron chi connectivity index (χ1n) is 4.19. The Balaban J connectivity index is 3.42. The van der Waals surface area contributed by atoms with Gasteiger partial charge in [0, 0.05) is 0 Å². The normalized spacial score (nSPS) is 11.6. The molecule has 0 fully saturated rings. The van der Waals surface area contributed by atoms with Crippen LogP contribution in [0.2, 0.25) is 0 Å². The zero-order chi connectivity index (χ0) is 13.2. The number of hydrogen-bond acceptors (Lipinski definition) is 2. The van der Waals surface area contributed by atoms with E-state index in [4.69, 9.17) is 5.26 Å². The molecule has 1 aromatic heterocycles. The molecule has 0 radical (unpaired) electrons. The van der Waals surface area contributed by atoms with Crippen molar-refractivity contribution in [3.8, 4) is 6.07 Å². The molecule has 0 aliphatic heterocycles. The number of aromatic nitrogens is 1. The number of rotatable bonds is 2. The summed E-state index contributed by atoms with van der Waals surface area (Å²) in [5, 5.41) is 8.27. The van der Waals surface area contributed by atoms with Gasteiger partial charge in [0.2, 0.25) is 0 Å². The van der Waals surface area contributed by atoms with E-state index in [1.165, 1.54) is 6.07 Å². The first-order valence-corrected chi connectivity index (χ1v) is 4.19. The maximum absolute atomic E-state index is 12.9. The van der Waals surface area contributed by atoms with Crippen LogP contribution in [-0.4, -0.2) is 4.98 Å². The highest BCUT2D eigenvalue weighted by Gasteiger charge is 2.36. The van der Waals surface area contributed by atoms with Crippen LogP contribution in [-0.2, 0) is 12.6 Å². The number of nitrogens with zero attached hydrogens (tertiary/aromatic N) is 2. The summed E-state index contributed by atoms with van der Waals surface area (Å²) in [6, 6.07) is 1.28. The van der Waals surface area contributed by atoms with E-state index >= 15 is 0 Å². The van der Waals surface area contributed by atoms with Crippen LogP contribution in [0.15, 0.2) is 6.07 Å². The molecule has 92 valence electrons. The second-order valence-electron chi connectivity index (χ2n) is 2.98. The Hall–Kier alpha value is -1.78. The van der Waals surface area contributed by atoms with Gasteiger partial charge in [-0.05, 0) is 6.07 Å². The molecule has 0 unspecified atom stereocenters. The minimum absolute atomic E-state index is 0.0683. The second kappa shape index (κ2) is 4.61. The third kappa shape index (κ3) is 2.87. The molecule has 0 spiro atoms. The summed E-state index contributed by atoms with van der Waals surface area (Å²) in [5.74, 6) is -1.74. The zero-order valence-corrected chi connectivity index (χ0v) is 8.02. The molecule has 0 bridgehead atoms. The lowest BCUT2D eigenvalue weighted by atomic mass is 10.1. The van der Waals surface area contributed by atoms with E-state index in [1.807, 2.05) is 0 Å². The molecule has 0 atom stereocenters. The van der Waals surface area contributed by atoms with Crippen molar-refractivity contribution in [3.05, 3.63) is 28.8 Å². The molecule has 17 heavy (non-hydrogen) atoms. The molecule has 0 aliphatic rings. The van der Waals surface area contributed by atoms with Crippen molar-refractivity contribution in [2.45, 2.75) is 19.0 Å². The summed E-state index contributed by atoms with van der Waals surface area (Å²) >= 11 is 0. The average Bonchev–Trinajstić information content (AvgIpc) is 2.18.